The van der Waals surface area contributed by atoms with Gasteiger partial charge in [-0.15, -0.1) is 5.10 Å². The highest BCUT2D eigenvalue weighted by Gasteiger charge is 2.18. The van der Waals surface area contributed by atoms with Crippen LogP contribution in [0.5, 0.6) is 5.75 Å². The Balaban J connectivity index is 1.81. The van der Waals surface area contributed by atoms with Crippen LogP contribution in [0.25, 0.3) is 0 Å². The maximum absolute atomic E-state index is 6.15. The first-order valence-corrected chi connectivity index (χ1v) is 8.50. The van der Waals surface area contributed by atoms with E-state index < -0.39 is 0 Å². The minimum absolute atomic E-state index is 0.450. The number of hydrogen-bond donors (Lipinski definition) is 1. The molecule has 1 aliphatic rings. The summed E-state index contributed by atoms with van der Waals surface area (Å²) in [6.07, 6.45) is 4.07. The summed E-state index contributed by atoms with van der Waals surface area (Å²) in [5.74, 6) is 2.72. The van der Waals surface area contributed by atoms with Crippen LogP contribution in [0.3, 0.4) is 0 Å². The van der Waals surface area contributed by atoms with Crippen molar-refractivity contribution in [3.8, 4) is 5.75 Å². The first kappa shape index (κ1) is 16.8. The zero-order chi connectivity index (χ0) is 17.1. The van der Waals surface area contributed by atoms with E-state index in [1.807, 2.05) is 13.0 Å². The molecule has 0 saturated carbocycles. The predicted octanol–water partition coefficient (Wildman–Crippen LogP) is 3.82. The molecule has 1 N–H and O–H groups in total. The average molecular weight is 348 g/mol. The molecule has 0 bridgehead atoms. The second-order valence-corrected chi connectivity index (χ2v) is 6.64. The first-order chi connectivity index (χ1) is 11.6. The average Bonchev–Trinajstić information content (AvgIpc) is 2.59. The third-order valence-corrected chi connectivity index (χ3v) is 4.79. The fourth-order valence-corrected chi connectivity index (χ4v) is 2.94. The van der Waals surface area contributed by atoms with Crippen molar-refractivity contribution in [3.63, 3.8) is 0 Å². The lowest BCUT2D eigenvalue weighted by Crippen LogP contribution is -2.33. The summed E-state index contributed by atoms with van der Waals surface area (Å²) in [5, 5.41) is 12.0. The lowest BCUT2D eigenvalue weighted by Gasteiger charge is -2.30. The summed E-state index contributed by atoms with van der Waals surface area (Å²) in [5.41, 5.74) is 1.72. The molecule has 0 spiro atoms. The van der Waals surface area contributed by atoms with Crippen molar-refractivity contribution in [2.24, 2.45) is 5.92 Å². The highest BCUT2D eigenvalue weighted by atomic mass is 35.5. The summed E-state index contributed by atoms with van der Waals surface area (Å²) < 4.78 is 5.38. The number of halogens is 1. The summed E-state index contributed by atoms with van der Waals surface area (Å²) in [6, 6.07) is 3.70. The van der Waals surface area contributed by atoms with E-state index in [9.17, 15) is 0 Å². The van der Waals surface area contributed by atoms with Crippen LogP contribution in [-0.2, 0) is 0 Å². The minimum Gasteiger partial charge on any atom is -0.495 e. The summed E-state index contributed by atoms with van der Waals surface area (Å²) in [6.45, 7) is 6.24. The SMILES string of the molecule is COc1cc(Cl)c(C)cc1Nc1nncc(N2CCC(C)CC2)n1. The number of aryl methyl sites for hydroxylation is 1. The van der Waals surface area contributed by atoms with Crippen molar-refractivity contribution < 1.29 is 4.74 Å². The van der Waals surface area contributed by atoms with Gasteiger partial charge in [-0.25, -0.2) is 0 Å². The molecule has 1 saturated heterocycles. The third kappa shape index (κ3) is 3.70. The van der Waals surface area contributed by atoms with Crippen molar-refractivity contribution in [2.45, 2.75) is 26.7 Å². The number of hydrogen-bond acceptors (Lipinski definition) is 6. The van der Waals surface area contributed by atoms with Crippen molar-refractivity contribution in [2.75, 3.05) is 30.4 Å². The van der Waals surface area contributed by atoms with Crippen LogP contribution >= 0.6 is 11.6 Å². The number of methoxy groups -OCH3 is 1. The smallest absolute Gasteiger partial charge is 0.249 e. The lowest BCUT2D eigenvalue weighted by atomic mass is 9.99. The number of benzene rings is 1. The molecular weight excluding hydrogens is 326 g/mol. The summed E-state index contributed by atoms with van der Waals surface area (Å²) in [4.78, 5) is 6.85. The van der Waals surface area contributed by atoms with E-state index >= 15 is 0 Å². The minimum atomic E-state index is 0.450. The number of nitrogens with zero attached hydrogens (tertiary/aromatic N) is 4. The van der Waals surface area contributed by atoms with Gasteiger partial charge in [0.2, 0.25) is 5.95 Å². The Morgan fingerprint density at radius 2 is 2.04 bits per heavy atom. The van der Waals surface area contributed by atoms with Gasteiger partial charge in [-0.3, -0.25) is 0 Å². The van der Waals surface area contributed by atoms with E-state index in [2.05, 4.69) is 32.3 Å². The first-order valence-electron chi connectivity index (χ1n) is 8.12. The monoisotopic (exact) mass is 347 g/mol. The second kappa shape index (κ2) is 7.21. The van der Waals surface area contributed by atoms with Gasteiger partial charge in [0.1, 0.15) is 5.75 Å². The lowest BCUT2D eigenvalue weighted by molar-refractivity contribution is 0.416. The number of aromatic nitrogens is 3. The molecule has 128 valence electrons. The Labute approximate surface area is 147 Å². The van der Waals surface area contributed by atoms with Crippen molar-refractivity contribution in [3.05, 3.63) is 28.9 Å². The molecule has 2 heterocycles. The van der Waals surface area contributed by atoms with E-state index in [1.54, 1.807) is 19.4 Å². The van der Waals surface area contributed by atoms with E-state index in [0.717, 1.165) is 36.1 Å². The van der Waals surface area contributed by atoms with Gasteiger partial charge in [-0.2, -0.15) is 10.1 Å². The Hall–Kier alpha value is -2.08. The van der Waals surface area contributed by atoms with Gasteiger partial charge in [0.25, 0.3) is 0 Å². The quantitative estimate of drug-likeness (QED) is 0.907. The molecule has 0 unspecified atom stereocenters. The highest BCUT2D eigenvalue weighted by Crippen LogP contribution is 2.32. The maximum Gasteiger partial charge on any atom is 0.249 e. The van der Waals surface area contributed by atoms with E-state index in [4.69, 9.17) is 16.3 Å². The zero-order valence-corrected chi connectivity index (χ0v) is 15.0. The zero-order valence-electron chi connectivity index (χ0n) is 14.2. The van der Waals surface area contributed by atoms with Crippen LogP contribution in [0, 0.1) is 12.8 Å². The molecule has 7 heteroatoms. The molecule has 0 aliphatic carbocycles. The van der Waals surface area contributed by atoms with Gasteiger partial charge < -0.3 is 15.0 Å². The fraction of sp³-hybridized carbons (Fsp3) is 0.471. The van der Waals surface area contributed by atoms with Gasteiger partial charge in [-0.1, -0.05) is 18.5 Å². The largest absolute Gasteiger partial charge is 0.495 e. The van der Waals surface area contributed by atoms with Crippen LogP contribution in [-0.4, -0.2) is 35.4 Å². The topological polar surface area (TPSA) is 63.2 Å². The van der Waals surface area contributed by atoms with Crippen LogP contribution in [0.1, 0.15) is 25.3 Å². The molecular formula is C17H22ClN5O. The number of ether oxygens (including phenoxy) is 1. The molecule has 2 aromatic rings. The highest BCUT2D eigenvalue weighted by molar-refractivity contribution is 6.31. The molecule has 6 nitrogen and oxygen atoms in total. The van der Waals surface area contributed by atoms with Crippen molar-refractivity contribution in [1.29, 1.82) is 0 Å². The number of piperidine rings is 1. The Kier molecular flexibility index (Phi) is 5.04. The molecule has 1 aromatic carbocycles. The fourth-order valence-electron chi connectivity index (χ4n) is 2.79. The summed E-state index contributed by atoms with van der Waals surface area (Å²) in [7, 11) is 1.61. The third-order valence-electron chi connectivity index (χ3n) is 4.38. The second-order valence-electron chi connectivity index (χ2n) is 6.23. The van der Waals surface area contributed by atoms with Gasteiger partial charge in [0.05, 0.1) is 19.0 Å². The van der Waals surface area contributed by atoms with Crippen LogP contribution in [0.4, 0.5) is 17.5 Å². The van der Waals surface area contributed by atoms with Gasteiger partial charge >= 0.3 is 0 Å². The van der Waals surface area contributed by atoms with Gasteiger partial charge in [-0.05, 0) is 37.3 Å². The van der Waals surface area contributed by atoms with Gasteiger partial charge in [0.15, 0.2) is 5.82 Å². The molecule has 3 rings (SSSR count). The Morgan fingerprint density at radius 1 is 1.29 bits per heavy atom. The molecule has 0 atom stereocenters. The molecule has 24 heavy (non-hydrogen) atoms. The molecule has 0 amide bonds. The van der Waals surface area contributed by atoms with Crippen LogP contribution < -0.4 is 15.0 Å². The van der Waals surface area contributed by atoms with Crippen molar-refractivity contribution in [1.82, 2.24) is 15.2 Å². The van der Waals surface area contributed by atoms with Crippen molar-refractivity contribution >= 4 is 29.1 Å². The van der Waals surface area contributed by atoms with E-state index in [1.165, 1.54) is 12.8 Å². The van der Waals surface area contributed by atoms with E-state index in [-0.39, 0.29) is 0 Å². The summed E-state index contributed by atoms with van der Waals surface area (Å²) >= 11 is 6.15. The standard InChI is InChI=1S/C17H22ClN5O/c1-11-4-6-23(7-5-11)16-10-19-22-17(21-16)20-14-8-12(2)13(18)9-15(14)24-3/h8-11H,4-7H2,1-3H3,(H,20,21,22). The van der Waals surface area contributed by atoms with Gasteiger partial charge in [0, 0.05) is 24.2 Å². The molecule has 1 aromatic heterocycles. The molecule has 0 radical (unpaired) electrons. The normalized spacial score (nSPS) is 15.4. The molecule has 1 fully saturated rings. The van der Waals surface area contributed by atoms with Crippen LogP contribution in [0.15, 0.2) is 18.3 Å². The van der Waals surface area contributed by atoms with E-state index in [0.29, 0.717) is 16.7 Å². The Morgan fingerprint density at radius 3 is 2.75 bits per heavy atom. The number of anilines is 3. The maximum atomic E-state index is 6.15. The Bertz CT molecular complexity index is 716. The number of rotatable bonds is 4. The number of nitrogens with one attached hydrogen (secondary N) is 1. The predicted molar refractivity (Wildman–Crippen MR) is 96.5 cm³/mol. The molecule has 1 aliphatic heterocycles. The van der Waals surface area contributed by atoms with Crippen LogP contribution in [0.2, 0.25) is 5.02 Å².